The molecule has 0 saturated carbocycles. The first-order chi connectivity index (χ1) is 9.40. The highest BCUT2D eigenvalue weighted by molar-refractivity contribution is 5.93. The molecular weight excluding hydrogens is 238 g/mol. The Morgan fingerprint density at radius 3 is 2.26 bits per heavy atom. The van der Waals surface area contributed by atoms with Gasteiger partial charge in [0.1, 0.15) is 6.61 Å². The molecule has 2 rings (SSSR count). The van der Waals surface area contributed by atoms with Gasteiger partial charge in [0.15, 0.2) is 5.75 Å². The van der Waals surface area contributed by atoms with Crippen LogP contribution in [0.3, 0.4) is 0 Å². The van der Waals surface area contributed by atoms with Crippen molar-refractivity contribution in [2.75, 3.05) is 6.61 Å². The molecule has 0 aliphatic heterocycles. The number of rotatable bonds is 5. The molecule has 3 heteroatoms. The van der Waals surface area contributed by atoms with Gasteiger partial charge in [0.2, 0.25) is 0 Å². The van der Waals surface area contributed by atoms with E-state index in [0.29, 0.717) is 18.3 Å². The molecule has 0 unspecified atom stereocenters. The molecule has 0 heterocycles. The third-order valence-electron chi connectivity index (χ3n) is 2.34. The second-order valence-electron chi connectivity index (χ2n) is 3.77. The summed E-state index contributed by atoms with van der Waals surface area (Å²) in [7, 11) is 0. The molecular formula is C16H15NO2. The van der Waals surface area contributed by atoms with Crippen LogP contribution in [0.15, 0.2) is 78.5 Å². The van der Waals surface area contributed by atoms with Crippen molar-refractivity contribution in [3.63, 3.8) is 0 Å². The summed E-state index contributed by atoms with van der Waals surface area (Å²) in [6.07, 6.45) is 1.67. The van der Waals surface area contributed by atoms with Crippen LogP contribution in [0.2, 0.25) is 0 Å². The summed E-state index contributed by atoms with van der Waals surface area (Å²) in [5, 5.41) is 4.05. The Morgan fingerprint density at radius 2 is 1.63 bits per heavy atom. The molecule has 0 atom stereocenters. The molecule has 19 heavy (non-hydrogen) atoms. The van der Waals surface area contributed by atoms with Gasteiger partial charge in [0.05, 0.1) is 0 Å². The average molecular weight is 253 g/mol. The monoisotopic (exact) mass is 253 g/mol. The highest BCUT2D eigenvalue weighted by Gasteiger charge is 2.04. The summed E-state index contributed by atoms with van der Waals surface area (Å²) < 4.78 is 5.51. The highest BCUT2D eigenvalue weighted by Crippen LogP contribution is 2.10. The van der Waals surface area contributed by atoms with Gasteiger partial charge in [-0.05, 0) is 29.4 Å². The maximum atomic E-state index is 5.51. The van der Waals surface area contributed by atoms with E-state index in [1.807, 2.05) is 60.7 Å². The van der Waals surface area contributed by atoms with Gasteiger partial charge in [-0.15, -0.1) is 0 Å². The molecule has 0 radical (unpaired) electrons. The molecule has 96 valence electrons. The Morgan fingerprint density at radius 1 is 1.00 bits per heavy atom. The van der Waals surface area contributed by atoms with E-state index in [-0.39, 0.29) is 0 Å². The fourth-order valence-corrected chi connectivity index (χ4v) is 1.46. The van der Waals surface area contributed by atoms with E-state index in [0.717, 1.165) is 5.56 Å². The summed E-state index contributed by atoms with van der Waals surface area (Å²) in [4.78, 5) is 5.35. The lowest BCUT2D eigenvalue weighted by Crippen LogP contribution is -2.08. The van der Waals surface area contributed by atoms with Gasteiger partial charge in [-0.2, -0.15) is 0 Å². The number of para-hydroxylation sites is 1. The van der Waals surface area contributed by atoms with Crippen molar-refractivity contribution in [1.82, 2.24) is 0 Å². The van der Waals surface area contributed by atoms with Crippen LogP contribution in [0.1, 0.15) is 5.56 Å². The van der Waals surface area contributed by atoms with Crippen molar-refractivity contribution in [3.05, 3.63) is 78.9 Å². The molecule has 0 saturated heterocycles. The lowest BCUT2D eigenvalue weighted by atomic mass is 10.2. The molecule has 2 aromatic carbocycles. The molecule has 0 spiro atoms. The van der Waals surface area contributed by atoms with Crippen LogP contribution in [0.25, 0.3) is 0 Å². The fraction of sp³-hybridized carbons (Fsp3) is 0.0625. The first-order valence-corrected chi connectivity index (χ1v) is 5.99. The predicted octanol–water partition coefficient (Wildman–Crippen LogP) is 3.63. The van der Waals surface area contributed by atoms with E-state index in [1.165, 1.54) is 0 Å². The summed E-state index contributed by atoms with van der Waals surface area (Å²) >= 11 is 0. The van der Waals surface area contributed by atoms with Crippen LogP contribution < -0.4 is 4.84 Å². The number of benzene rings is 2. The van der Waals surface area contributed by atoms with Crippen molar-refractivity contribution in [1.29, 1.82) is 0 Å². The summed E-state index contributed by atoms with van der Waals surface area (Å²) in [6.45, 7) is 4.00. The number of oxime groups is 1. The minimum atomic E-state index is 0.381. The Hall–Kier alpha value is -2.55. The van der Waals surface area contributed by atoms with Crippen LogP contribution in [0.5, 0.6) is 5.75 Å². The maximum Gasteiger partial charge on any atom is 0.258 e. The van der Waals surface area contributed by atoms with Crippen LogP contribution in [-0.4, -0.2) is 12.5 Å². The second kappa shape index (κ2) is 7.01. The van der Waals surface area contributed by atoms with Crippen molar-refractivity contribution >= 4 is 5.90 Å². The number of hydrogen-bond acceptors (Lipinski definition) is 3. The van der Waals surface area contributed by atoms with Gasteiger partial charge in [0.25, 0.3) is 5.90 Å². The van der Waals surface area contributed by atoms with Crippen LogP contribution in [0, 0.1) is 0 Å². The van der Waals surface area contributed by atoms with E-state index in [2.05, 4.69) is 11.7 Å². The molecule has 0 aliphatic carbocycles. The molecule has 3 nitrogen and oxygen atoms in total. The predicted molar refractivity (Wildman–Crippen MR) is 76.2 cm³/mol. The molecule has 0 amide bonds. The number of ether oxygens (including phenoxy) is 1. The summed E-state index contributed by atoms with van der Waals surface area (Å²) in [6, 6.07) is 19.0. The van der Waals surface area contributed by atoms with Crippen molar-refractivity contribution in [3.8, 4) is 5.75 Å². The Kier molecular flexibility index (Phi) is 4.76. The number of nitrogens with zero attached hydrogens (tertiary/aromatic N) is 1. The van der Waals surface area contributed by atoms with E-state index in [4.69, 9.17) is 9.57 Å². The SMILES string of the molecule is C=CCO/C(=N\Oc1ccccc1)c1ccccc1. The van der Waals surface area contributed by atoms with Crippen molar-refractivity contribution in [2.24, 2.45) is 5.16 Å². The minimum absolute atomic E-state index is 0.381. The quantitative estimate of drug-likeness (QED) is 0.352. The highest BCUT2D eigenvalue weighted by atomic mass is 16.6. The standard InChI is InChI=1S/C16H15NO2/c1-2-13-18-16(14-9-5-3-6-10-14)17-19-15-11-7-4-8-12-15/h2-12H,1,13H2/b17-16-. The minimum Gasteiger partial charge on any atom is -0.471 e. The van der Waals surface area contributed by atoms with Gasteiger partial charge in [-0.3, -0.25) is 0 Å². The van der Waals surface area contributed by atoms with Crippen molar-refractivity contribution < 1.29 is 9.57 Å². The van der Waals surface area contributed by atoms with E-state index < -0.39 is 0 Å². The average Bonchev–Trinajstić information content (AvgIpc) is 2.49. The zero-order valence-electron chi connectivity index (χ0n) is 10.5. The lowest BCUT2D eigenvalue weighted by molar-refractivity contribution is 0.289. The van der Waals surface area contributed by atoms with Gasteiger partial charge >= 0.3 is 0 Å². The van der Waals surface area contributed by atoms with Crippen LogP contribution in [-0.2, 0) is 4.74 Å². The zero-order valence-corrected chi connectivity index (χ0v) is 10.5. The van der Waals surface area contributed by atoms with E-state index >= 15 is 0 Å². The summed E-state index contributed by atoms with van der Waals surface area (Å²) in [5.74, 6) is 1.10. The fourth-order valence-electron chi connectivity index (χ4n) is 1.46. The smallest absolute Gasteiger partial charge is 0.258 e. The first kappa shape index (κ1) is 12.9. The Labute approximate surface area is 112 Å². The largest absolute Gasteiger partial charge is 0.471 e. The lowest BCUT2D eigenvalue weighted by Gasteiger charge is -2.07. The van der Waals surface area contributed by atoms with Gasteiger partial charge in [0, 0.05) is 5.56 Å². The Balaban J connectivity index is 2.15. The third-order valence-corrected chi connectivity index (χ3v) is 2.34. The topological polar surface area (TPSA) is 30.8 Å². The van der Waals surface area contributed by atoms with E-state index in [1.54, 1.807) is 6.08 Å². The third kappa shape index (κ3) is 4.00. The van der Waals surface area contributed by atoms with Crippen LogP contribution in [0.4, 0.5) is 0 Å². The molecule has 2 aromatic rings. The first-order valence-electron chi connectivity index (χ1n) is 5.99. The molecule has 0 aromatic heterocycles. The van der Waals surface area contributed by atoms with E-state index in [9.17, 15) is 0 Å². The summed E-state index contributed by atoms with van der Waals surface area (Å²) in [5.41, 5.74) is 0.861. The van der Waals surface area contributed by atoms with Gasteiger partial charge in [-0.25, -0.2) is 0 Å². The normalized spacial score (nSPS) is 10.8. The molecule has 0 fully saturated rings. The van der Waals surface area contributed by atoms with Gasteiger partial charge < -0.3 is 9.57 Å². The molecule has 0 bridgehead atoms. The zero-order chi connectivity index (χ0) is 13.3. The van der Waals surface area contributed by atoms with Gasteiger partial charge in [-0.1, -0.05) is 49.1 Å². The molecule has 0 N–H and O–H groups in total. The van der Waals surface area contributed by atoms with Crippen molar-refractivity contribution in [2.45, 2.75) is 0 Å². The Bertz CT molecular complexity index is 535. The van der Waals surface area contributed by atoms with Crippen LogP contribution >= 0.6 is 0 Å². The molecule has 0 aliphatic rings. The maximum absolute atomic E-state index is 5.51. The second-order valence-corrected chi connectivity index (χ2v) is 3.77. The number of hydrogen-bond donors (Lipinski definition) is 0.